The molecule has 1 amide bonds. The van der Waals surface area contributed by atoms with Gasteiger partial charge in [0, 0.05) is 25.5 Å². The van der Waals surface area contributed by atoms with E-state index in [1.165, 1.54) is 23.2 Å². The third kappa shape index (κ3) is 3.17. The molecule has 0 saturated carbocycles. The normalized spacial score (nSPS) is 22.3. The van der Waals surface area contributed by atoms with E-state index in [4.69, 9.17) is 0 Å². The quantitative estimate of drug-likeness (QED) is 0.774. The molecule has 0 spiro atoms. The van der Waals surface area contributed by atoms with Crippen LogP contribution in [0.5, 0.6) is 0 Å². The molecule has 1 fully saturated rings. The summed E-state index contributed by atoms with van der Waals surface area (Å²) in [5.41, 5.74) is -1.33. The van der Waals surface area contributed by atoms with Gasteiger partial charge in [-0.05, 0) is 19.3 Å². The van der Waals surface area contributed by atoms with Gasteiger partial charge in [0.25, 0.3) is 0 Å². The van der Waals surface area contributed by atoms with E-state index in [0.29, 0.717) is 6.42 Å². The third-order valence-corrected chi connectivity index (χ3v) is 6.13. The van der Waals surface area contributed by atoms with Gasteiger partial charge in [0.05, 0.1) is 5.92 Å². The fraction of sp³-hybridized carbons (Fsp3) is 0.714. The van der Waals surface area contributed by atoms with Gasteiger partial charge in [-0.2, -0.15) is 4.31 Å². The van der Waals surface area contributed by atoms with Crippen LogP contribution in [0.4, 0.5) is 0 Å². The first-order valence-electron chi connectivity index (χ1n) is 7.12. The van der Waals surface area contributed by atoms with Crippen LogP contribution in [0.1, 0.15) is 27.2 Å². The Kier molecular flexibility index (Phi) is 5.40. The van der Waals surface area contributed by atoms with E-state index >= 15 is 0 Å². The monoisotopic (exact) mass is 332 g/mol. The predicted octanol–water partition coefficient (Wildman–Crippen LogP) is 0.739. The van der Waals surface area contributed by atoms with Crippen LogP contribution in [0, 0.1) is 11.8 Å². The first-order chi connectivity index (χ1) is 9.98. The summed E-state index contributed by atoms with van der Waals surface area (Å²) in [5, 5.41) is 10.3. The van der Waals surface area contributed by atoms with E-state index in [-0.39, 0.29) is 24.9 Å². The fourth-order valence-electron chi connectivity index (χ4n) is 2.55. The van der Waals surface area contributed by atoms with Gasteiger partial charge in [0.15, 0.2) is 0 Å². The highest BCUT2D eigenvalue weighted by atomic mass is 32.2. The van der Waals surface area contributed by atoms with E-state index in [1.807, 2.05) is 0 Å². The van der Waals surface area contributed by atoms with Gasteiger partial charge in [0.1, 0.15) is 5.54 Å². The number of aliphatic carboxylic acids is 1. The summed E-state index contributed by atoms with van der Waals surface area (Å²) in [5.74, 6) is -2.24. The standard InChI is InChI=1S/C14H24N2O5S/c1-6-22(20,21)16-8-7-11(9-16)12(17)15(5)14(4,10(2)3)13(18)19/h6,10-11H,1,7-9H2,2-5H3,(H,18,19)/t11-,14-/m0/s1. The second kappa shape index (κ2) is 6.37. The molecule has 1 aliphatic heterocycles. The number of nitrogens with zero attached hydrogens (tertiary/aromatic N) is 2. The van der Waals surface area contributed by atoms with Crippen LogP contribution >= 0.6 is 0 Å². The maximum absolute atomic E-state index is 12.6. The number of hydrogen-bond donors (Lipinski definition) is 1. The summed E-state index contributed by atoms with van der Waals surface area (Å²) in [6, 6.07) is 0. The van der Waals surface area contributed by atoms with Gasteiger partial charge in [0.2, 0.25) is 15.9 Å². The Morgan fingerprint density at radius 2 is 2.00 bits per heavy atom. The highest BCUT2D eigenvalue weighted by Crippen LogP contribution is 2.29. The van der Waals surface area contributed by atoms with Crippen molar-refractivity contribution in [1.82, 2.24) is 9.21 Å². The van der Waals surface area contributed by atoms with Gasteiger partial charge in [-0.1, -0.05) is 20.4 Å². The summed E-state index contributed by atoms with van der Waals surface area (Å²) in [6.45, 7) is 8.55. The molecular weight excluding hydrogens is 308 g/mol. The van der Waals surface area contributed by atoms with Crippen molar-refractivity contribution in [2.45, 2.75) is 32.7 Å². The molecule has 0 bridgehead atoms. The second-order valence-corrected chi connectivity index (χ2v) is 7.94. The molecule has 7 nitrogen and oxygen atoms in total. The minimum absolute atomic E-state index is 0.0608. The second-order valence-electron chi connectivity index (χ2n) is 6.06. The van der Waals surface area contributed by atoms with Crippen LogP contribution in [0.2, 0.25) is 0 Å². The minimum atomic E-state index is -3.55. The molecule has 2 atom stereocenters. The van der Waals surface area contributed by atoms with Gasteiger partial charge in [-0.25, -0.2) is 13.2 Å². The highest BCUT2D eigenvalue weighted by Gasteiger charge is 2.46. The Labute approximate surface area is 131 Å². The zero-order valence-electron chi connectivity index (χ0n) is 13.4. The number of carbonyl (C=O) groups excluding carboxylic acids is 1. The van der Waals surface area contributed by atoms with E-state index in [2.05, 4.69) is 6.58 Å². The molecule has 1 aliphatic rings. The molecule has 1 heterocycles. The lowest BCUT2D eigenvalue weighted by Crippen LogP contribution is -2.58. The van der Waals surface area contributed by atoms with Crippen molar-refractivity contribution >= 4 is 21.9 Å². The van der Waals surface area contributed by atoms with Crippen molar-refractivity contribution in [1.29, 1.82) is 0 Å². The number of likely N-dealkylation sites (N-methyl/N-ethyl adjacent to an activating group) is 1. The molecule has 1 N–H and O–H groups in total. The van der Waals surface area contributed by atoms with Crippen LogP contribution < -0.4 is 0 Å². The number of rotatable bonds is 6. The molecule has 1 saturated heterocycles. The first-order valence-corrected chi connectivity index (χ1v) is 8.62. The SMILES string of the molecule is C=CS(=O)(=O)N1CC[C@H](C(=O)N(C)[C@](C)(C(=O)O)C(C)C)C1. The molecular formula is C14H24N2O5S. The Bertz CT molecular complexity index is 572. The number of carboxylic acid groups (broad SMARTS) is 1. The largest absolute Gasteiger partial charge is 0.479 e. The number of hydrogen-bond acceptors (Lipinski definition) is 4. The van der Waals surface area contributed by atoms with Crippen LogP contribution in [0.25, 0.3) is 0 Å². The predicted molar refractivity (Wildman–Crippen MR) is 82.4 cm³/mol. The molecule has 0 unspecified atom stereocenters. The fourth-order valence-corrected chi connectivity index (χ4v) is 3.51. The zero-order valence-corrected chi connectivity index (χ0v) is 14.3. The third-order valence-electron chi connectivity index (χ3n) is 4.66. The molecule has 0 aromatic rings. The topological polar surface area (TPSA) is 95.0 Å². The van der Waals surface area contributed by atoms with E-state index in [9.17, 15) is 23.1 Å². The average Bonchev–Trinajstić information content (AvgIpc) is 2.94. The van der Waals surface area contributed by atoms with E-state index < -0.39 is 27.4 Å². The molecule has 22 heavy (non-hydrogen) atoms. The summed E-state index contributed by atoms with van der Waals surface area (Å²) in [7, 11) is -2.09. The van der Waals surface area contributed by atoms with Crippen LogP contribution in [0.3, 0.4) is 0 Å². The van der Waals surface area contributed by atoms with Crippen molar-refractivity contribution in [3.05, 3.63) is 12.0 Å². The molecule has 0 aromatic heterocycles. The van der Waals surface area contributed by atoms with Gasteiger partial charge in [-0.3, -0.25) is 4.79 Å². The summed E-state index contributed by atoms with van der Waals surface area (Å²) in [6.07, 6.45) is 0.379. The minimum Gasteiger partial charge on any atom is -0.479 e. The highest BCUT2D eigenvalue weighted by molar-refractivity contribution is 7.92. The van der Waals surface area contributed by atoms with Crippen molar-refractivity contribution < 1.29 is 23.1 Å². The molecule has 0 aromatic carbocycles. The summed E-state index contributed by atoms with van der Waals surface area (Å²) < 4.78 is 24.7. The number of carboxylic acids is 1. The molecule has 8 heteroatoms. The van der Waals surface area contributed by atoms with Crippen molar-refractivity contribution in [2.75, 3.05) is 20.1 Å². The summed E-state index contributed by atoms with van der Waals surface area (Å²) in [4.78, 5) is 25.4. The Morgan fingerprint density at radius 3 is 2.41 bits per heavy atom. The smallest absolute Gasteiger partial charge is 0.329 e. The Balaban J connectivity index is 2.94. The Morgan fingerprint density at radius 1 is 1.45 bits per heavy atom. The maximum Gasteiger partial charge on any atom is 0.329 e. The van der Waals surface area contributed by atoms with Crippen LogP contribution in [0.15, 0.2) is 12.0 Å². The Hall–Kier alpha value is -1.41. The van der Waals surface area contributed by atoms with Crippen molar-refractivity contribution in [2.24, 2.45) is 11.8 Å². The molecule has 0 aliphatic carbocycles. The number of amides is 1. The maximum atomic E-state index is 12.6. The zero-order chi connectivity index (χ0) is 17.3. The van der Waals surface area contributed by atoms with Crippen LogP contribution in [-0.2, 0) is 19.6 Å². The lowest BCUT2D eigenvalue weighted by molar-refractivity contribution is -0.161. The van der Waals surface area contributed by atoms with E-state index in [0.717, 1.165) is 5.41 Å². The van der Waals surface area contributed by atoms with E-state index in [1.54, 1.807) is 13.8 Å². The van der Waals surface area contributed by atoms with Gasteiger partial charge >= 0.3 is 5.97 Å². The van der Waals surface area contributed by atoms with Crippen LogP contribution in [-0.4, -0.2) is 60.3 Å². The van der Waals surface area contributed by atoms with Crippen molar-refractivity contribution in [3.63, 3.8) is 0 Å². The van der Waals surface area contributed by atoms with Gasteiger partial charge in [-0.15, -0.1) is 0 Å². The molecule has 126 valence electrons. The van der Waals surface area contributed by atoms with Crippen molar-refractivity contribution in [3.8, 4) is 0 Å². The lowest BCUT2D eigenvalue weighted by Gasteiger charge is -2.39. The molecule has 1 rings (SSSR count). The number of carbonyl (C=O) groups is 2. The summed E-state index contributed by atoms with van der Waals surface area (Å²) >= 11 is 0. The lowest BCUT2D eigenvalue weighted by atomic mass is 9.86. The molecule has 0 radical (unpaired) electrons. The number of sulfonamides is 1. The van der Waals surface area contributed by atoms with Gasteiger partial charge < -0.3 is 10.0 Å². The first kappa shape index (κ1) is 18.6. The average molecular weight is 332 g/mol.